The van der Waals surface area contributed by atoms with Gasteiger partial charge in [0.2, 0.25) is 5.88 Å². The molecule has 35 heavy (non-hydrogen) atoms. The first-order valence-electron chi connectivity index (χ1n) is 11.7. The molecule has 0 N–H and O–H groups in total. The predicted octanol–water partition coefficient (Wildman–Crippen LogP) is 6.18. The smallest absolute Gasteiger partial charge is 0.269 e. The Hall–Kier alpha value is -2.97. The van der Waals surface area contributed by atoms with Gasteiger partial charge in [0.25, 0.3) is 11.5 Å². The molecule has 1 saturated heterocycles. The Morgan fingerprint density at radius 3 is 2.51 bits per heavy atom. The quantitative estimate of drug-likeness (QED) is 0.216. The van der Waals surface area contributed by atoms with Crippen molar-refractivity contribution in [2.24, 2.45) is 0 Å². The summed E-state index contributed by atoms with van der Waals surface area (Å²) in [6.45, 7) is 9.12. The minimum atomic E-state index is -0.312. The van der Waals surface area contributed by atoms with E-state index in [0.29, 0.717) is 27.2 Å². The van der Waals surface area contributed by atoms with E-state index in [1.807, 2.05) is 30.3 Å². The molecule has 4 rings (SSSR count). The highest BCUT2D eigenvalue weighted by Gasteiger charge is 2.32. The Labute approximate surface area is 215 Å². The molecular weight excluding hydrogens is 478 g/mol. The van der Waals surface area contributed by atoms with Gasteiger partial charge < -0.3 is 4.74 Å². The Balaban J connectivity index is 1.74. The van der Waals surface area contributed by atoms with E-state index in [0.717, 1.165) is 19.3 Å². The number of amides is 1. The maximum absolute atomic E-state index is 13.4. The van der Waals surface area contributed by atoms with Gasteiger partial charge in [0, 0.05) is 12.7 Å². The molecule has 0 unspecified atom stereocenters. The van der Waals surface area contributed by atoms with Gasteiger partial charge in [-0.25, -0.2) is 0 Å². The van der Waals surface area contributed by atoms with Crippen LogP contribution < -0.4 is 10.3 Å². The third-order valence-electron chi connectivity index (χ3n) is 5.80. The zero-order chi connectivity index (χ0) is 25.2. The number of rotatable bonds is 7. The lowest BCUT2D eigenvalue weighted by Gasteiger charge is -2.19. The summed E-state index contributed by atoms with van der Waals surface area (Å²) in [6, 6.07) is 13.1. The van der Waals surface area contributed by atoms with E-state index in [4.69, 9.17) is 17.0 Å². The van der Waals surface area contributed by atoms with Crippen molar-refractivity contribution < 1.29 is 9.53 Å². The number of carbonyl (C=O) groups is 1. The van der Waals surface area contributed by atoms with Crippen molar-refractivity contribution in [3.05, 3.63) is 75.0 Å². The molecule has 3 aromatic rings. The lowest BCUT2D eigenvalue weighted by molar-refractivity contribution is -0.122. The average Bonchev–Trinajstić information content (AvgIpc) is 3.09. The third-order valence-corrected chi connectivity index (χ3v) is 7.18. The van der Waals surface area contributed by atoms with Crippen LogP contribution >= 0.6 is 24.0 Å². The molecule has 1 fully saturated rings. The second-order valence-corrected chi connectivity index (χ2v) is 11.2. The summed E-state index contributed by atoms with van der Waals surface area (Å²) < 4.78 is 8.06. The van der Waals surface area contributed by atoms with E-state index in [-0.39, 0.29) is 28.3 Å². The number of aromatic nitrogens is 2. The number of unbranched alkanes of at least 4 members (excludes halogenated alkanes) is 2. The first kappa shape index (κ1) is 25.1. The van der Waals surface area contributed by atoms with Crippen molar-refractivity contribution in [2.45, 2.75) is 52.4 Å². The zero-order valence-corrected chi connectivity index (χ0v) is 22.0. The SMILES string of the molecule is CCCCCN1C(=O)C(=Cc2c(Oc3ccc(C(C)(C)C)cc3)nc3ccccn3c2=O)SC1=S. The van der Waals surface area contributed by atoms with Crippen LogP contribution in [0.1, 0.15) is 58.1 Å². The van der Waals surface area contributed by atoms with Gasteiger partial charge in [-0.05, 0) is 47.7 Å². The van der Waals surface area contributed by atoms with Crippen molar-refractivity contribution in [1.82, 2.24) is 14.3 Å². The Morgan fingerprint density at radius 2 is 1.83 bits per heavy atom. The first-order chi connectivity index (χ1) is 16.7. The van der Waals surface area contributed by atoms with Crippen molar-refractivity contribution in [1.29, 1.82) is 0 Å². The highest BCUT2D eigenvalue weighted by molar-refractivity contribution is 8.26. The number of thiocarbonyl (C=S) groups is 1. The molecule has 1 aromatic carbocycles. The number of benzene rings is 1. The predicted molar refractivity (Wildman–Crippen MR) is 146 cm³/mol. The summed E-state index contributed by atoms with van der Waals surface area (Å²) in [5.41, 5.74) is 1.54. The number of hydrogen-bond acceptors (Lipinski definition) is 6. The van der Waals surface area contributed by atoms with Gasteiger partial charge in [-0.2, -0.15) is 4.98 Å². The van der Waals surface area contributed by atoms with Crippen LogP contribution in [-0.2, 0) is 10.2 Å². The van der Waals surface area contributed by atoms with E-state index in [1.165, 1.54) is 21.7 Å². The maximum Gasteiger partial charge on any atom is 0.269 e. The fourth-order valence-corrected chi connectivity index (χ4v) is 5.05. The molecule has 0 spiro atoms. The molecule has 182 valence electrons. The molecule has 1 aliphatic heterocycles. The minimum absolute atomic E-state index is 0.00954. The summed E-state index contributed by atoms with van der Waals surface area (Å²) in [5, 5.41) is 0. The number of nitrogens with zero attached hydrogens (tertiary/aromatic N) is 3. The van der Waals surface area contributed by atoms with E-state index < -0.39 is 0 Å². The van der Waals surface area contributed by atoms with Gasteiger partial charge in [-0.3, -0.25) is 18.9 Å². The molecule has 0 atom stereocenters. The molecule has 0 radical (unpaired) electrons. The number of carbonyl (C=O) groups excluding carboxylic acids is 1. The Morgan fingerprint density at radius 1 is 1.09 bits per heavy atom. The van der Waals surface area contributed by atoms with Gasteiger partial charge in [-0.1, -0.05) is 82.7 Å². The highest BCUT2D eigenvalue weighted by Crippen LogP contribution is 2.34. The lowest BCUT2D eigenvalue weighted by Crippen LogP contribution is -2.29. The summed E-state index contributed by atoms with van der Waals surface area (Å²) >= 11 is 6.65. The van der Waals surface area contributed by atoms with Gasteiger partial charge >= 0.3 is 0 Å². The number of ether oxygens (including phenoxy) is 1. The van der Waals surface area contributed by atoms with Crippen LogP contribution in [0.3, 0.4) is 0 Å². The molecule has 0 saturated carbocycles. The average molecular weight is 508 g/mol. The van der Waals surface area contributed by atoms with Crippen molar-refractivity contribution >= 4 is 45.9 Å². The Bertz CT molecular complexity index is 1350. The number of pyridine rings is 1. The summed E-state index contributed by atoms with van der Waals surface area (Å²) in [4.78, 5) is 33.1. The molecule has 6 nitrogen and oxygen atoms in total. The second kappa shape index (κ2) is 10.3. The van der Waals surface area contributed by atoms with E-state index in [2.05, 4.69) is 32.7 Å². The van der Waals surface area contributed by atoms with Gasteiger partial charge in [-0.15, -0.1) is 0 Å². The van der Waals surface area contributed by atoms with Crippen LogP contribution in [0.4, 0.5) is 0 Å². The summed E-state index contributed by atoms with van der Waals surface area (Å²) in [6.07, 6.45) is 6.18. The molecule has 1 aliphatic rings. The van der Waals surface area contributed by atoms with Crippen molar-refractivity contribution in [2.75, 3.05) is 6.54 Å². The number of thioether (sulfide) groups is 1. The molecule has 3 heterocycles. The first-order valence-corrected chi connectivity index (χ1v) is 13.0. The minimum Gasteiger partial charge on any atom is -0.438 e. The number of hydrogen-bond donors (Lipinski definition) is 0. The van der Waals surface area contributed by atoms with Crippen molar-refractivity contribution in [3.63, 3.8) is 0 Å². The van der Waals surface area contributed by atoms with E-state index >= 15 is 0 Å². The Kier molecular flexibility index (Phi) is 7.42. The van der Waals surface area contributed by atoms with Crippen LogP contribution in [0, 0.1) is 0 Å². The monoisotopic (exact) mass is 507 g/mol. The topological polar surface area (TPSA) is 63.9 Å². The van der Waals surface area contributed by atoms with Gasteiger partial charge in [0.1, 0.15) is 21.3 Å². The van der Waals surface area contributed by atoms with Crippen LogP contribution in [-0.4, -0.2) is 31.1 Å². The molecular formula is C27H29N3O3S2. The third kappa shape index (κ3) is 5.49. The standard InChI is InChI=1S/C27H29N3O3S2/c1-5-6-8-16-30-25(32)21(35-26(30)34)17-20-23(28-22-10-7-9-15-29(22)24(20)31)33-19-13-11-18(12-14-19)27(2,3)4/h7,9-15,17H,5-6,8,16H2,1-4H3. The largest absolute Gasteiger partial charge is 0.438 e. The van der Waals surface area contributed by atoms with Gasteiger partial charge in [0.15, 0.2) is 0 Å². The van der Waals surface area contributed by atoms with Crippen LogP contribution in [0.25, 0.3) is 11.7 Å². The second-order valence-electron chi connectivity index (χ2n) is 9.48. The van der Waals surface area contributed by atoms with Crippen molar-refractivity contribution in [3.8, 4) is 11.6 Å². The van der Waals surface area contributed by atoms with E-state index in [1.54, 1.807) is 29.3 Å². The zero-order valence-electron chi connectivity index (χ0n) is 20.4. The van der Waals surface area contributed by atoms with E-state index in [9.17, 15) is 9.59 Å². The van der Waals surface area contributed by atoms with Crippen LogP contribution in [0.5, 0.6) is 11.6 Å². The summed E-state index contributed by atoms with van der Waals surface area (Å²) in [7, 11) is 0. The highest BCUT2D eigenvalue weighted by atomic mass is 32.2. The van der Waals surface area contributed by atoms with Crippen LogP contribution in [0.2, 0.25) is 0 Å². The lowest BCUT2D eigenvalue weighted by atomic mass is 9.87. The number of fused-ring (bicyclic) bond motifs is 1. The fourth-order valence-electron chi connectivity index (χ4n) is 3.76. The molecule has 8 heteroatoms. The van der Waals surface area contributed by atoms with Gasteiger partial charge in [0.05, 0.1) is 4.91 Å². The molecule has 2 aromatic heterocycles. The fraction of sp³-hybridized carbons (Fsp3) is 0.333. The normalized spacial score (nSPS) is 15.4. The molecule has 1 amide bonds. The van der Waals surface area contributed by atoms with Crippen LogP contribution in [0.15, 0.2) is 58.4 Å². The molecule has 0 aliphatic carbocycles. The maximum atomic E-state index is 13.4. The summed E-state index contributed by atoms with van der Waals surface area (Å²) in [5.74, 6) is 0.530. The molecule has 0 bridgehead atoms.